The van der Waals surface area contributed by atoms with Crippen molar-refractivity contribution >= 4 is 45.4 Å². The highest BCUT2D eigenvalue weighted by molar-refractivity contribution is 7.17. The monoisotopic (exact) mass is 728 g/mol. The molecular formula is C36H52N6O8S. The van der Waals surface area contributed by atoms with Crippen molar-refractivity contribution in [1.82, 2.24) is 31.3 Å². The number of thiophene rings is 1. The number of benzene rings is 1. The summed E-state index contributed by atoms with van der Waals surface area (Å²) in [7, 11) is 0. The zero-order valence-corrected chi connectivity index (χ0v) is 31.2. The molecule has 2 heterocycles. The van der Waals surface area contributed by atoms with E-state index in [1.807, 2.05) is 50.4 Å². The maximum absolute atomic E-state index is 14.5. The molecule has 1 aromatic carbocycles. The summed E-state index contributed by atoms with van der Waals surface area (Å²) >= 11 is 1.59. The number of hydrogen-bond donors (Lipinski definition) is 4. The van der Waals surface area contributed by atoms with E-state index < -0.39 is 48.6 Å². The smallest absolute Gasteiger partial charge is 0.407 e. The molecule has 3 rings (SSSR count). The van der Waals surface area contributed by atoms with Crippen molar-refractivity contribution in [2.24, 2.45) is 0 Å². The second kappa shape index (κ2) is 21.1. The number of carbonyl (C=O) groups excluding carboxylic acids is 4. The lowest BCUT2D eigenvalue weighted by molar-refractivity contribution is -0.180. The first-order valence-corrected chi connectivity index (χ1v) is 18.1. The number of fused-ring (bicyclic) bond motifs is 1. The van der Waals surface area contributed by atoms with Gasteiger partial charge in [0.05, 0.1) is 6.04 Å². The van der Waals surface area contributed by atoms with E-state index in [0.717, 1.165) is 21.2 Å². The lowest BCUT2D eigenvalue weighted by Crippen LogP contribution is -2.55. The lowest BCUT2D eigenvalue weighted by Gasteiger charge is -2.36. The zero-order chi connectivity index (χ0) is 37.2. The highest BCUT2D eigenvalue weighted by atomic mass is 32.1. The minimum absolute atomic E-state index is 0.237. The number of nitrogens with one attached hydrogen (secondary N) is 4. The molecule has 0 saturated heterocycles. The van der Waals surface area contributed by atoms with Gasteiger partial charge in [-0.1, -0.05) is 18.2 Å². The minimum atomic E-state index is -0.959. The van der Waals surface area contributed by atoms with Crippen molar-refractivity contribution in [2.45, 2.75) is 97.9 Å². The van der Waals surface area contributed by atoms with Crippen LogP contribution in [0.2, 0.25) is 0 Å². The topological polar surface area (TPSA) is 169 Å². The van der Waals surface area contributed by atoms with Gasteiger partial charge < -0.3 is 35.1 Å². The number of carbonyl (C=O) groups is 4. The van der Waals surface area contributed by atoms with Gasteiger partial charge in [-0.3, -0.25) is 19.4 Å². The minimum Gasteiger partial charge on any atom is -0.444 e. The van der Waals surface area contributed by atoms with Gasteiger partial charge in [-0.25, -0.2) is 15.1 Å². The van der Waals surface area contributed by atoms with Crippen LogP contribution in [0.3, 0.4) is 0 Å². The summed E-state index contributed by atoms with van der Waals surface area (Å²) in [5, 5.41) is 11.2. The molecule has 4 N–H and O–H groups in total. The molecule has 5 amide bonds. The van der Waals surface area contributed by atoms with Crippen LogP contribution in [-0.4, -0.2) is 84.2 Å². The molecule has 0 unspecified atom stereocenters. The average molecular weight is 729 g/mol. The standard InChI is InChI=1S/C36H52N6O8S/c1-7-47-33(48-8-2)25(3)42(22-27-24-51-30-15-10-9-13-28(27)30)32(44)29(14-11-12-18-38-35(46)50-36(4,5)6)40-31(43)23-49-41-34(45)39-21-26-16-19-37-20-17-26/h9-10,13,15-17,19-20,24-25,29,33H,7-8,11-12,14,18,21-23H2,1-6H3,(H,38,46)(H,40,43)(H2,39,41,45)/t25-,29-/m0/s1. The Morgan fingerprint density at radius 3 is 2.35 bits per heavy atom. The number of nitrogens with zero attached hydrogens (tertiary/aromatic N) is 2. The number of amides is 5. The van der Waals surface area contributed by atoms with E-state index >= 15 is 0 Å². The van der Waals surface area contributed by atoms with E-state index in [2.05, 4.69) is 26.4 Å². The molecule has 14 nitrogen and oxygen atoms in total. The van der Waals surface area contributed by atoms with Gasteiger partial charge in [-0.15, -0.1) is 11.3 Å². The molecular weight excluding hydrogens is 676 g/mol. The maximum atomic E-state index is 14.5. The molecule has 2 aromatic heterocycles. The summed E-state index contributed by atoms with van der Waals surface area (Å²) in [5.41, 5.74) is 3.37. The summed E-state index contributed by atoms with van der Waals surface area (Å²) in [5.74, 6) is -0.937. The third-order valence-electron chi connectivity index (χ3n) is 7.52. The molecule has 0 aliphatic heterocycles. The Hall–Kier alpha value is -4.31. The summed E-state index contributed by atoms with van der Waals surface area (Å²) in [6.07, 6.45) is 3.28. The number of aromatic nitrogens is 1. The Morgan fingerprint density at radius 2 is 1.67 bits per heavy atom. The highest BCUT2D eigenvalue weighted by Crippen LogP contribution is 2.28. The quantitative estimate of drug-likeness (QED) is 0.0709. The predicted octanol–water partition coefficient (Wildman–Crippen LogP) is 5.02. The van der Waals surface area contributed by atoms with E-state index in [1.54, 1.807) is 61.5 Å². The summed E-state index contributed by atoms with van der Waals surface area (Å²) < 4.78 is 18.2. The van der Waals surface area contributed by atoms with Gasteiger partial charge in [0.1, 0.15) is 11.6 Å². The molecule has 2 atom stereocenters. The molecule has 0 saturated carbocycles. The number of pyridine rings is 1. The van der Waals surface area contributed by atoms with Gasteiger partial charge in [0.25, 0.3) is 0 Å². The molecule has 280 valence electrons. The number of rotatable bonds is 20. The van der Waals surface area contributed by atoms with Crippen LogP contribution in [0, 0.1) is 0 Å². The Balaban J connectivity index is 1.74. The first-order chi connectivity index (χ1) is 24.4. The number of urea groups is 1. The van der Waals surface area contributed by atoms with Gasteiger partial charge in [0.2, 0.25) is 11.8 Å². The van der Waals surface area contributed by atoms with E-state index in [1.165, 1.54) is 0 Å². The number of hydrogen-bond acceptors (Lipinski definition) is 10. The van der Waals surface area contributed by atoms with Gasteiger partial charge in [0, 0.05) is 49.9 Å². The van der Waals surface area contributed by atoms with Crippen molar-refractivity contribution < 1.29 is 38.2 Å². The van der Waals surface area contributed by atoms with Crippen LogP contribution in [0.1, 0.15) is 71.9 Å². The Bertz CT molecular complexity index is 1530. The fourth-order valence-corrected chi connectivity index (χ4v) is 6.08. The summed E-state index contributed by atoms with van der Waals surface area (Å²) in [4.78, 5) is 62.8. The first kappa shape index (κ1) is 41.1. The number of alkyl carbamates (subject to hydrolysis) is 1. The van der Waals surface area contributed by atoms with Gasteiger partial charge in [-0.05, 0) is 101 Å². The third-order valence-corrected chi connectivity index (χ3v) is 8.54. The van der Waals surface area contributed by atoms with Crippen LogP contribution < -0.4 is 21.4 Å². The fourth-order valence-electron chi connectivity index (χ4n) is 5.12. The van der Waals surface area contributed by atoms with Crippen LogP contribution in [0.4, 0.5) is 9.59 Å². The maximum Gasteiger partial charge on any atom is 0.407 e. The Kier molecular flexibility index (Phi) is 17.0. The Labute approximate surface area is 303 Å². The average Bonchev–Trinajstić information content (AvgIpc) is 3.50. The SMILES string of the molecule is CCOC(OCC)[C@H](C)N(Cc1csc2ccccc12)C(=O)[C@H](CCCCNC(=O)OC(C)(C)C)NC(=O)CONC(=O)NCc1ccncc1. The van der Waals surface area contributed by atoms with Crippen LogP contribution in [0.25, 0.3) is 10.1 Å². The van der Waals surface area contributed by atoms with Crippen LogP contribution >= 0.6 is 11.3 Å². The van der Waals surface area contributed by atoms with Crippen LogP contribution in [0.15, 0.2) is 54.2 Å². The highest BCUT2D eigenvalue weighted by Gasteiger charge is 2.34. The molecule has 0 fully saturated rings. The Morgan fingerprint density at radius 1 is 0.961 bits per heavy atom. The van der Waals surface area contributed by atoms with Crippen molar-refractivity contribution in [3.05, 3.63) is 65.3 Å². The molecule has 0 radical (unpaired) electrons. The molecule has 0 spiro atoms. The molecule has 15 heteroatoms. The summed E-state index contributed by atoms with van der Waals surface area (Å²) in [6, 6.07) is 9.38. The normalized spacial score (nSPS) is 12.6. The predicted molar refractivity (Wildman–Crippen MR) is 194 cm³/mol. The molecule has 0 bridgehead atoms. The number of unbranched alkanes of at least 4 members (excludes halogenated alkanes) is 1. The van der Waals surface area contributed by atoms with Crippen LogP contribution in [0.5, 0.6) is 0 Å². The largest absolute Gasteiger partial charge is 0.444 e. The van der Waals surface area contributed by atoms with Crippen LogP contribution in [-0.2, 0) is 41.7 Å². The van der Waals surface area contributed by atoms with E-state index in [4.69, 9.17) is 19.0 Å². The van der Waals surface area contributed by atoms with E-state index in [9.17, 15) is 19.2 Å². The van der Waals surface area contributed by atoms with E-state index in [0.29, 0.717) is 32.6 Å². The lowest BCUT2D eigenvalue weighted by atomic mass is 10.0. The van der Waals surface area contributed by atoms with Crippen molar-refractivity contribution in [2.75, 3.05) is 26.4 Å². The van der Waals surface area contributed by atoms with E-state index in [-0.39, 0.29) is 25.4 Å². The van der Waals surface area contributed by atoms with Gasteiger partial charge >= 0.3 is 12.1 Å². The molecule has 0 aliphatic carbocycles. The third kappa shape index (κ3) is 14.4. The number of hydroxylamine groups is 1. The second-order valence-electron chi connectivity index (χ2n) is 12.7. The van der Waals surface area contributed by atoms with Crippen molar-refractivity contribution in [3.8, 4) is 0 Å². The second-order valence-corrected chi connectivity index (χ2v) is 13.6. The van der Waals surface area contributed by atoms with Gasteiger partial charge in [-0.2, -0.15) is 0 Å². The van der Waals surface area contributed by atoms with Crippen molar-refractivity contribution in [1.29, 1.82) is 0 Å². The number of ether oxygens (including phenoxy) is 3. The first-order valence-electron chi connectivity index (χ1n) is 17.2. The molecule has 3 aromatic rings. The zero-order valence-electron chi connectivity index (χ0n) is 30.4. The summed E-state index contributed by atoms with van der Waals surface area (Å²) in [6.45, 7) is 12.0. The van der Waals surface area contributed by atoms with Crippen molar-refractivity contribution in [3.63, 3.8) is 0 Å². The molecule has 0 aliphatic rings. The molecule has 51 heavy (non-hydrogen) atoms. The fraction of sp³-hybridized carbons (Fsp3) is 0.528. The van der Waals surface area contributed by atoms with Gasteiger partial charge in [0.15, 0.2) is 12.9 Å².